The number of rotatable bonds is 5. The topological polar surface area (TPSA) is 73.8 Å². The molecule has 2 aromatic heterocycles. The fourth-order valence-electron chi connectivity index (χ4n) is 2.32. The molecule has 5 nitrogen and oxygen atoms in total. The molecule has 3 N–H and O–H groups in total. The van der Waals surface area contributed by atoms with Gasteiger partial charge in [-0.3, -0.25) is 5.10 Å². The van der Waals surface area contributed by atoms with E-state index < -0.39 is 6.10 Å². The number of fused-ring (bicyclic) bond motifs is 1. The SMILES string of the molecule is Cc1[nH]nc2ncc(CNCC(O)c3ccc(Cl)cc3)cc12. The maximum absolute atomic E-state index is 10.1. The molecule has 0 saturated heterocycles. The van der Waals surface area contributed by atoms with Crippen molar-refractivity contribution < 1.29 is 5.11 Å². The first kappa shape index (κ1) is 15.0. The van der Waals surface area contributed by atoms with Crippen LogP contribution in [0.25, 0.3) is 11.0 Å². The summed E-state index contributed by atoms with van der Waals surface area (Å²) in [7, 11) is 0. The lowest BCUT2D eigenvalue weighted by atomic mass is 10.1. The third-order valence-corrected chi connectivity index (χ3v) is 3.83. The summed E-state index contributed by atoms with van der Waals surface area (Å²) >= 11 is 5.84. The van der Waals surface area contributed by atoms with Crippen molar-refractivity contribution in [1.29, 1.82) is 0 Å². The molecule has 0 amide bonds. The molecule has 0 radical (unpaired) electrons. The summed E-state index contributed by atoms with van der Waals surface area (Å²) in [5.74, 6) is 0. The third-order valence-electron chi connectivity index (χ3n) is 3.58. The lowest BCUT2D eigenvalue weighted by molar-refractivity contribution is 0.174. The van der Waals surface area contributed by atoms with Gasteiger partial charge in [0.15, 0.2) is 5.65 Å². The molecule has 0 saturated carbocycles. The van der Waals surface area contributed by atoms with Gasteiger partial charge < -0.3 is 10.4 Å². The van der Waals surface area contributed by atoms with Crippen LogP contribution in [0.2, 0.25) is 5.02 Å². The minimum Gasteiger partial charge on any atom is -0.387 e. The molecule has 1 atom stereocenters. The average Bonchev–Trinajstić information content (AvgIpc) is 2.89. The van der Waals surface area contributed by atoms with Crippen molar-refractivity contribution in [2.24, 2.45) is 0 Å². The van der Waals surface area contributed by atoms with Gasteiger partial charge in [0, 0.05) is 35.4 Å². The molecule has 0 aliphatic heterocycles. The van der Waals surface area contributed by atoms with Crippen LogP contribution < -0.4 is 5.32 Å². The highest BCUT2D eigenvalue weighted by Crippen LogP contribution is 2.17. The summed E-state index contributed by atoms with van der Waals surface area (Å²) in [6.45, 7) is 3.07. The molecule has 3 aromatic rings. The van der Waals surface area contributed by atoms with Crippen molar-refractivity contribution in [1.82, 2.24) is 20.5 Å². The number of pyridine rings is 1. The molecule has 0 bridgehead atoms. The fourth-order valence-corrected chi connectivity index (χ4v) is 2.44. The van der Waals surface area contributed by atoms with Crippen LogP contribution in [0.4, 0.5) is 0 Å². The van der Waals surface area contributed by atoms with Crippen LogP contribution in [0.15, 0.2) is 36.5 Å². The van der Waals surface area contributed by atoms with Gasteiger partial charge in [-0.25, -0.2) is 4.98 Å². The number of aryl methyl sites for hydroxylation is 1. The Morgan fingerprint density at radius 1 is 1.32 bits per heavy atom. The first-order valence-corrected chi connectivity index (χ1v) is 7.45. The van der Waals surface area contributed by atoms with Gasteiger partial charge in [-0.05, 0) is 36.2 Å². The van der Waals surface area contributed by atoms with Crippen LogP contribution in [-0.4, -0.2) is 26.8 Å². The minimum atomic E-state index is -0.565. The Hall–Kier alpha value is -1.95. The Labute approximate surface area is 133 Å². The number of nitrogens with zero attached hydrogens (tertiary/aromatic N) is 2. The van der Waals surface area contributed by atoms with E-state index in [-0.39, 0.29) is 0 Å². The number of hydrogen-bond acceptors (Lipinski definition) is 4. The van der Waals surface area contributed by atoms with Crippen molar-refractivity contribution in [2.45, 2.75) is 19.6 Å². The van der Waals surface area contributed by atoms with Crippen molar-refractivity contribution in [3.8, 4) is 0 Å². The number of benzene rings is 1. The van der Waals surface area contributed by atoms with Crippen LogP contribution in [0.5, 0.6) is 0 Å². The van der Waals surface area contributed by atoms with Crippen LogP contribution in [0.3, 0.4) is 0 Å². The van der Waals surface area contributed by atoms with Crippen molar-refractivity contribution in [2.75, 3.05) is 6.54 Å². The number of nitrogens with one attached hydrogen (secondary N) is 2. The molecule has 1 unspecified atom stereocenters. The highest BCUT2D eigenvalue weighted by molar-refractivity contribution is 6.30. The van der Waals surface area contributed by atoms with E-state index in [9.17, 15) is 5.11 Å². The first-order chi connectivity index (χ1) is 10.6. The monoisotopic (exact) mass is 316 g/mol. The predicted molar refractivity (Wildman–Crippen MR) is 86.7 cm³/mol. The van der Waals surface area contributed by atoms with Gasteiger partial charge in [-0.15, -0.1) is 0 Å². The molecule has 1 aromatic carbocycles. The van der Waals surface area contributed by atoms with E-state index in [0.29, 0.717) is 18.1 Å². The van der Waals surface area contributed by atoms with E-state index in [2.05, 4.69) is 26.6 Å². The van der Waals surface area contributed by atoms with E-state index in [1.807, 2.05) is 19.1 Å². The van der Waals surface area contributed by atoms with Crippen LogP contribution >= 0.6 is 11.6 Å². The van der Waals surface area contributed by atoms with E-state index >= 15 is 0 Å². The van der Waals surface area contributed by atoms with Crippen molar-refractivity contribution in [3.05, 3.63) is 58.4 Å². The molecule has 2 heterocycles. The van der Waals surface area contributed by atoms with E-state index in [1.165, 1.54) is 0 Å². The van der Waals surface area contributed by atoms with Gasteiger partial charge in [0.05, 0.1) is 6.10 Å². The third kappa shape index (κ3) is 3.27. The molecule has 0 aliphatic rings. The van der Waals surface area contributed by atoms with Gasteiger partial charge in [0.1, 0.15) is 0 Å². The molecule has 0 spiro atoms. The number of aromatic nitrogens is 3. The highest BCUT2D eigenvalue weighted by Gasteiger charge is 2.08. The predicted octanol–water partition coefficient (Wildman–Crippen LogP) is 2.74. The fraction of sp³-hybridized carbons (Fsp3) is 0.250. The van der Waals surface area contributed by atoms with E-state index in [0.717, 1.165) is 27.9 Å². The lowest BCUT2D eigenvalue weighted by Gasteiger charge is -2.12. The number of H-pyrrole nitrogens is 1. The second-order valence-electron chi connectivity index (χ2n) is 5.26. The molecule has 0 fully saturated rings. The Morgan fingerprint density at radius 3 is 2.86 bits per heavy atom. The maximum Gasteiger partial charge on any atom is 0.181 e. The first-order valence-electron chi connectivity index (χ1n) is 7.07. The summed E-state index contributed by atoms with van der Waals surface area (Å²) in [5, 5.41) is 22.1. The maximum atomic E-state index is 10.1. The largest absolute Gasteiger partial charge is 0.387 e. The molecular formula is C16H17ClN4O. The standard InChI is InChI=1S/C16H17ClN4O/c1-10-14-6-11(8-19-16(14)21-20-10)7-18-9-15(22)12-2-4-13(17)5-3-12/h2-6,8,15,18,22H,7,9H2,1H3,(H,19,20,21). The Bertz CT molecular complexity index is 769. The quantitative estimate of drug-likeness (QED) is 0.676. The summed E-state index contributed by atoms with van der Waals surface area (Å²) < 4.78 is 0. The summed E-state index contributed by atoms with van der Waals surface area (Å²) in [6, 6.07) is 9.27. The Balaban J connectivity index is 1.59. The molecular weight excluding hydrogens is 300 g/mol. The molecule has 3 rings (SSSR count). The summed E-state index contributed by atoms with van der Waals surface area (Å²) in [5.41, 5.74) is 3.63. The lowest BCUT2D eigenvalue weighted by Crippen LogP contribution is -2.21. The molecule has 0 aliphatic carbocycles. The molecule has 114 valence electrons. The Morgan fingerprint density at radius 2 is 2.09 bits per heavy atom. The number of hydrogen-bond donors (Lipinski definition) is 3. The summed E-state index contributed by atoms with van der Waals surface area (Å²) in [6.07, 6.45) is 1.23. The van der Waals surface area contributed by atoms with Gasteiger partial charge in [-0.2, -0.15) is 5.10 Å². The average molecular weight is 317 g/mol. The second kappa shape index (κ2) is 6.44. The second-order valence-corrected chi connectivity index (χ2v) is 5.70. The number of aliphatic hydroxyl groups excluding tert-OH is 1. The minimum absolute atomic E-state index is 0.462. The zero-order valence-corrected chi connectivity index (χ0v) is 12.9. The van der Waals surface area contributed by atoms with E-state index in [4.69, 9.17) is 11.6 Å². The zero-order chi connectivity index (χ0) is 15.5. The van der Waals surface area contributed by atoms with Crippen molar-refractivity contribution in [3.63, 3.8) is 0 Å². The number of halogens is 1. The zero-order valence-electron chi connectivity index (χ0n) is 12.2. The van der Waals surface area contributed by atoms with Gasteiger partial charge in [-0.1, -0.05) is 23.7 Å². The van der Waals surface area contributed by atoms with Crippen molar-refractivity contribution >= 4 is 22.6 Å². The normalized spacial score (nSPS) is 12.7. The summed E-state index contributed by atoms with van der Waals surface area (Å²) in [4.78, 5) is 4.31. The van der Waals surface area contributed by atoms with Crippen LogP contribution in [-0.2, 0) is 6.54 Å². The number of aromatic amines is 1. The smallest absolute Gasteiger partial charge is 0.181 e. The molecule has 6 heteroatoms. The van der Waals surface area contributed by atoms with Crippen LogP contribution in [0, 0.1) is 6.92 Å². The number of aliphatic hydroxyl groups is 1. The van der Waals surface area contributed by atoms with Crippen LogP contribution in [0.1, 0.15) is 22.9 Å². The Kier molecular flexibility index (Phi) is 4.38. The van der Waals surface area contributed by atoms with Gasteiger partial charge in [0.2, 0.25) is 0 Å². The van der Waals surface area contributed by atoms with Gasteiger partial charge >= 0.3 is 0 Å². The highest BCUT2D eigenvalue weighted by atomic mass is 35.5. The van der Waals surface area contributed by atoms with Gasteiger partial charge in [0.25, 0.3) is 0 Å². The molecule has 22 heavy (non-hydrogen) atoms. The van der Waals surface area contributed by atoms with E-state index in [1.54, 1.807) is 18.3 Å².